The maximum Gasteiger partial charge on any atom is 0.246 e. The summed E-state index contributed by atoms with van der Waals surface area (Å²) < 4.78 is 0. The van der Waals surface area contributed by atoms with E-state index in [1.165, 1.54) is 65.8 Å². The van der Waals surface area contributed by atoms with Crippen LogP contribution in [-0.2, 0) is 0 Å². The predicted molar refractivity (Wildman–Crippen MR) is 150 cm³/mol. The Hall–Kier alpha value is -3.98. The van der Waals surface area contributed by atoms with E-state index in [0.29, 0.717) is 0 Å². The molecule has 1 aliphatic heterocycles. The highest BCUT2D eigenvalue weighted by Crippen LogP contribution is 2.42. The Kier molecular flexibility index (Phi) is 4.02. The fourth-order valence-corrected chi connectivity index (χ4v) is 6.18. The van der Waals surface area contributed by atoms with Crippen molar-refractivity contribution in [3.63, 3.8) is 0 Å². The Morgan fingerprint density at radius 1 is 0.647 bits per heavy atom. The number of hydrogen-bond donors (Lipinski definition) is 0. The number of anilines is 3. The van der Waals surface area contributed by atoms with E-state index < -0.39 is 0 Å². The van der Waals surface area contributed by atoms with Crippen LogP contribution in [0.4, 0.5) is 17.1 Å². The molecule has 1 heterocycles. The van der Waals surface area contributed by atoms with Crippen LogP contribution < -0.4 is 26.2 Å². The van der Waals surface area contributed by atoms with Crippen molar-refractivity contribution in [1.29, 1.82) is 0 Å². The first-order chi connectivity index (χ1) is 16.6. The Balaban J connectivity index is 1.64. The van der Waals surface area contributed by atoms with Gasteiger partial charge in [-0.25, -0.2) is 0 Å². The molecular weight excluding hydrogens is 411 g/mol. The van der Waals surface area contributed by atoms with Gasteiger partial charge in [0.15, 0.2) is 0 Å². The van der Waals surface area contributed by atoms with E-state index in [1.54, 1.807) is 0 Å². The zero-order chi connectivity index (χ0) is 23.0. The summed E-state index contributed by atoms with van der Waals surface area (Å²) in [5.41, 5.74) is 7.96. The second-order valence-electron chi connectivity index (χ2n) is 9.68. The molecule has 0 atom stereocenters. The number of hydrogen-bond acceptors (Lipinski definition) is 2. The molecule has 0 fully saturated rings. The summed E-state index contributed by atoms with van der Waals surface area (Å²) in [7, 11) is 6.48. The Labute approximate surface area is 200 Å². The topological polar surface area (TPSA) is 6.48 Å². The number of nitrogens with zero attached hydrogens (tertiary/aromatic N) is 2. The zero-order valence-electron chi connectivity index (χ0n) is 19.7. The van der Waals surface area contributed by atoms with Gasteiger partial charge in [0, 0.05) is 49.0 Å². The minimum atomic E-state index is 0.211. The third-order valence-electron chi connectivity index (χ3n) is 7.63. The van der Waals surface area contributed by atoms with Gasteiger partial charge in [-0.3, -0.25) is 0 Å². The summed E-state index contributed by atoms with van der Waals surface area (Å²) in [6, 6.07) is 36.0. The zero-order valence-corrected chi connectivity index (χ0v) is 19.7. The van der Waals surface area contributed by atoms with Crippen LogP contribution >= 0.6 is 0 Å². The van der Waals surface area contributed by atoms with E-state index in [4.69, 9.17) is 0 Å². The summed E-state index contributed by atoms with van der Waals surface area (Å²) in [6.45, 7) is 0.211. The summed E-state index contributed by atoms with van der Waals surface area (Å²) in [5, 5.41) is 8.01. The summed E-state index contributed by atoms with van der Waals surface area (Å²) >= 11 is 0. The molecule has 0 aliphatic carbocycles. The number of rotatable bonds is 2. The fourth-order valence-electron chi connectivity index (χ4n) is 6.18. The maximum atomic E-state index is 2.45. The van der Waals surface area contributed by atoms with Crippen molar-refractivity contribution in [3.8, 4) is 0 Å². The molecule has 34 heavy (non-hydrogen) atoms. The lowest BCUT2D eigenvalue weighted by molar-refractivity contribution is 1.14. The van der Waals surface area contributed by atoms with Gasteiger partial charge in [0.25, 0.3) is 0 Å². The van der Waals surface area contributed by atoms with Crippen molar-refractivity contribution in [3.05, 3.63) is 97.1 Å². The first kappa shape index (κ1) is 19.5. The fraction of sp³-hybridized carbons (Fsp3) is 0.0968. The first-order valence-corrected chi connectivity index (χ1v) is 11.9. The lowest BCUT2D eigenvalue weighted by Crippen LogP contribution is -2.57. The first-order valence-electron chi connectivity index (χ1n) is 11.9. The average Bonchev–Trinajstić information content (AvgIpc) is 2.87. The van der Waals surface area contributed by atoms with Gasteiger partial charge >= 0.3 is 0 Å². The van der Waals surface area contributed by atoms with Gasteiger partial charge in [0.05, 0.1) is 0 Å². The van der Waals surface area contributed by atoms with Gasteiger partial charge in [-0.15, -0.1) is 0 Å². The molecule has 3 heteroatoms. The molecule has 0 amide bonds. The van der Waals surface area contributed by atoms with Crippen LogP contribution in [-0.4, -0.2) is 27.9 Å². The molecule has 6 aromatic carbocycles. The number of fused-ring (bicyclic) bond motifs is 3. The van der Waals surface area contributed by atoms with E-state index in [-0.39, 0.29) is 6.71 Å². The molecule has 0 N–H and O–H groups in total. The summed E-state index contributed by atoms with van der Waals surface area (Å²) in [5.74, 6) is 0. The van der Waals surface area contributed by atoms with E-state index in [9.17, 15) is 0 Å². The van der Waals surface area contributed by atoms with Crippen molar-refractivity contribution in [1.82, 2.24) is 0 Å². The lowest BCUT2D eigenvalue weighted by atomic mass is 9.35. The molecule has 0 bridgehead atoms. The lowest BCUT2D eigenvalue weighted by Gasteiger charge is -2.36. The standard InChI is InChI=1S/C31H25BN2/c1-33(2)27-18-15-20-13-17-24-30-21(14-16-23(27)29(20)30)19-26-31(24)34(3)28-12-8-7-11-25(28)32(26)22-9-5-4-6-10-22/h4-19H,1-3H3. The van der Waals surface area contributed by atoms with Crippen molar-refractivity contribution < 1.29 is 0 Å². The number of para-hydroxylation sites is 1. The number of benzene rings is 6. The van der Waals surface area contributed by atoms with Gasteiger partial charge in [-0.2, -0.15) is 0 Å². The normalized spacial score (nSPS) is 13.0. The van der Waals surface area contributed by atoms with Gasteiger partial charge in [0.1, 0.15) is 0 Å². The molecule has 162 valence electrons. The Morgan fingerprint density at radius 2 is 1.32 bits per heavy atom. The minimum absolute atomic E-state index is 0.211. The van der Waals surface area contributed by atoms with E-state index in [0.717, 1.165) is 0 Å². The highest BCUT2D eigenvalue weighted by Gasteiger charge is 2.34. The molecule has 0 saturated carbocycles. The molecular formula is C31H25BN2. The monoisotopic (exact) mass is 436 g/mol. The molecule has 0 aromatic heterocycles. The quantitative estimate of drug-likeness (QED) is 0.270. The van der Waals surface area contributed by atoms with Crippen molar-refractivity contribution >= 4 is 72.5 Å². The minimum Gasteiger partial charge on any atom is -0.377 e. The van der Waals surface area contributed by atoms with Gasteiger partial charge in [0.2, 0.25) is 6.71 Å². The van der Waals surface area contributed by atoms with Crippen LogP contribution in [0.5, 0.6) is 0 Å². The van der Waals surface area contributed by atoms with Crippen molar-refractivity contribution in [2.45, 2.75) is 0 Å². The van der Waals surface area contributed by atoms with Gasteiger partial charge in [-0.05, 0) is 44.6 Å². The Bertz CT molecular complexity index is 1700. The van der Waals surface area contributed by atoms with Gasteiger partial charge < -0.3 is 9.80 Å². The molecule has 0 radical (unpaired) electrons. The molecule has 0 unspecified atom stereocenters. The predicted octanol–water partition coefficient (Wildman–Crippen LogP) is 5.25. The highest BCUT2D eigenvalue weighted by atomic mass is 15.1. The van der Waals surface area contributed by atoms with Crippen molar-refractivity contribution in [2.24, 2.45) is 0 Å². The van der Waals surface area contributed by atoms with Crippen molar-refractivity contribution in [2.75, 3.05) is 30.9 Å². The summed E-state index contributed by atoms with van der Waals surface area (Å²) in [6.07, 6.45) is 0. The van der Waals surface area contributed by atoms with Crippen LogP contribution in [0.3, 0.4) is 0 Å². The average molecular weight is 436 g/mol. The third-order valence-corrected chi connectivity index (χ3v) is 7.63. The SMILES string of the molecule is CN(C)c1ccc2ccc3c4c(cc5ccc1c2c53)B(c1ccccc1)c1ccccc1N4C. The van der Waals surface area contributed by atoms with Gasteiger partial charge in [-0.1, -0.05) is 90.4 Å². The Morgan fingerprint density at radius 3 is 2.15 bits per heavy atom. The molecule has 0 spiro atoms. The highest BCUT2D eigenvalue weighted by molar-refractivity contribution is 6.98. The molecule has 0 saturated heterocycles. The van der Waals surface area contributed by atoms with Crippen LogP contribution in [0.15, 0.2) is 97.1 Å². The van der Waals surface area contributed by atoms with Crippen LogP contribution in [0, 0.1) is 0 Å². The van der Waals surface area contributed by atoms with E-state index in [2.05, 4.69) is 128 Å². The second kappa shape index (κ2) is 7.01. The van der Waals surface area contributed by atoms with E-state index >= 15 is 0 Å². The second-order valence-corrected chi connectivity index (χ2v) is 9.68. The molecule has 6 aromatic rings. The van der Waals surface area contributed by atoms with Crippen LogP contribution in [0.1, 0.15) is 0 Å². The molecule has 7 rings (SSSR count). The van der Waals surface area contributed by atoms with Crippen LogP contribution in [0.2, 0.25) is 0 Å². The smallest absolute Gasteiger partial charge is 0.246 e. The maximum absolute atomic E-state index is 2.45. The largest absolute Gasteiger partial charge is 0.377 e. The van der Waals surface area contributed by atoms with E-state index in [1.807, 2.05) is 0 Å². The van der Waals surface area contributed by atoms with Crippen LogP contribution in [0.25, 0.3) is 32.3 Å². The molecule has 2 nitrogen and oxygen atoms in total. The molecule has 1 aliphatic rings. The third kappa shape index (κ3) is 2.53. The summed E-state index contributed by atoms with van der Waals surface area (Å²) in [4.78, 5) is 4.62.